The van der Waals surface area contributed by atoms with Crippen molar-refractivity contribution in [2.24, 2.45) is 0 Å². The molecule has 0 atom stereocenters. The molecule has 1 heterocycles. The number of nitrogens with zero attached hydrogens (tertiary/aromatic N) is 2. The van der Waals surface area contributed by atoms with Gasteiger partial charge in [-0.3, -0.25) is 0 Å². The van der Waals surface area contributed by atoms with Gasteiger partial charge in [-0.1, -0.05) is 30.5 Å². The highest BCUT2D eigenvalue weighted by Crippen LogP contribution is 2.33. The summed E-state index contributed by atoms with van der Waals surface area (Å²) >= 11 is 5.78. The van der Waals surface area contributed by atoms with Crippen LogP contribution in [0.15, 0.2) is 30.6 Å². The summed E-state index contributed by atoms with van der Waals surface area (Å²) in [5.74, 6) is 0.234. The molecule has 0 spiro atoms. The molecule has 1 N–H and O–H groups in total. The van der Waals surface area contributed by atoms with Gasteiger partial charge in [0.1, 0.15) is 0 Å². The maximum absolute atomic E-state index is 13.9. The Balaban J connectivity index is 1.87. The molecule has 1 aliphatic rings. The first-order chi connectivity index (χ1) is 9.25. The molecule has 5 heteroatoms. The van der Waals surface area contributed by atoms with Crippen molar-refractivity contribution in [1.82, 2.24) is 9.55 Å². The van der Waals surface area contributed by atoms with Crippen molar-refractivity contribution in [3.05, 3.63) is 41.4 Å². The first-order valence-electron chi connectivity index (χ1n) is 6.49. The van der Waals surface area contributed by atoms with Crippen LogP contribution in [0.3, 0.4) is 0 Å². The highest BCUT2D eigenvalue weighted by molar-refractivity contribution is 6.31. The largest absolute Gasteiger partial charge is 0.323 e. The average molecular weight is 280 g/mol. The second-order valence-corrected chi connectivity index (χ2v) is 5.23. The number of aromatic nitrogens is 2. The van der Waals surface area contributed by atoms with Gasteiger partial charge in [0.2, 0.25) is 5.95 Å². The van der Waals surface area contributed by atoms with Gasteiger partial charge >= 0.3 is 0 Å². The van der Waals surface area contributed by atoms with E-state index in [2.05, 4.69) is 14.9 Å². The average Bonchev–Trinajstić information content (AvgIpc) is 3.05. The molecule has 1 saturated carbocycles. The molecule has 0 aliphatic heterocycles. The first-order valence-corrected chi connectivity index (χ1v) is 6.87. The van der Waals surface area contributed by atoms with Crippen molar-refractivity contribution in [1.29, 1.82) is 0 Å². The Bertz CT molecular complexity index is 576. The Morgan fingerprint density at radius 2 is 2.11 bits per heavy atom. The van der Waals surface area contributed by atoms with E-state index in [9.17, 15) is 4.39 Å². The van der Waals surface area contributed by atoms with E-state index in [4.69, 9.17) is 11.6 Å². The number of halogens is 2. The smallest absolute Gasteiger partial charge is 0.207 e. The van der Waals surface area contributed by atoms with Gasteiger partial charge < -0.3 is 9.88 Å². The van der Waals surface area contributed by atoms with Crippen LogP contribution in [0.1, 0.15) is 31.7 Å². The van der Waals surface area contributed by atoms with Crippen LogP contribution in [-0.2, 0) is 0 Å². The lowest BCUT2D eigenvalue weighted by Gasteiger charge is -2.16. The Hall–Kier alpha value is -1.55. The summed E-state index contributed by atoms with van der Waals surface area (Å²) in [6.45, 7) is 0. The summed E-state index contributed by atoms with van der Waals surface area (Å²) < 4.78 is 16.0. The van der Waals surface area contributed by atoms with Gasteiger partial charge in [-0.2, -0.15) is 0 Å². The Morgan fingerprint density at radius 1 is 1.32 bits per heavy atom. The third-order valence-corrected chi connectivity index (χ3v) is 3.88. The van der Waals surface area contributed by atoms with Gasteiger partial charge in [0.05, 0.1) is 10.7 Å². The van der Waals surface area contributed by atoms with Crippen LogP contribution in [0, 0.1) is 5.82 Å². The van der Waals surface area contributed by atoms with Crippen LogP contribution in [0.2, 0.25) is 5.02 Å². The van der Waals surface area contributed by atoms with Crippen molar-refractivity contribution >= 4 is 23.2 Å². The van der Waals surface area contributed by atoms with Gasteiger partial charge in [0, 0.05) is 18.4 Å². The molecule has 3 rings (SSSR count). The maximum Gasteiger partial charge on any atom is 0.207 e. The predicted octanol–water partition coefficient (Wildman–Crippen LogP) is 4.53. The van der Waals surface area contributed by atoms with Crippen LogP contribution in [0.5, 0.6) is 0 Å². The molecule has 19 heavy (non-hydrogen) atoms. The van der Waals surface area contributed by atoms with Crippen molar-refractivity contribution in [3.8, 4) is 0 Å². The quantitative estimate of drug-likeness (QED) is 0.894. The molecular formula is C14H15ClFN3. The minimum absolute atomic E-state index is 0.115. The monoisotopic (exact) mass is 279 g/mol. The number of nitrogens with one attached hydrogen (secondary N) is 1. The summed E-state index contributed by atoms with van der Waals surface area (Å²) in [6.07, 6.45) is 8.48. The molecule has 1 fully saturated rings. The van der Waals surface area contributed by atoms with Gasteiger partial charge in [-0.15, -0.1) is 0 Å². The molecule has 1 aliphatic carbocycles. The van der Waals surface area contributed by atoms with Gasteiger partial charge in [0.15, 0.2) is 5.82 Å². The Labute approximate surface area is 116 Å². The van der Waals surface area contributed by atoms with Crippen molar-refractivity contribution in [3.63, 3.8) is 0 Å². The fourth-order valence-corrected chi connectivity index (χ4v) is 2.78. The van der Waals surface area contributed by atoms with E-state index >= 15 is 0 Å². The standard InChI is InChI=1S/C14H15ClFN3/c15-11-6-3-7-12(13(11)16)18-14-17-8-9-19(14)10-4-1-2-5-10/h3,6-10H,1-2,4-5H2,(H,17,18). The van der Waals surface area contributed by atoms with E-state index in [0.717, 1.165) is 12.8 Å². The summed E-state index contributed by atoms with van der Waals surface area (Å²) in [4.78, 5) is 4.27. The predicted molar refractivity (Wildman–Crippen MR) is 74.4 cm³/mol. The fraction of sp³-hybridized carbons (Fsp3) is 0.357. The number of benzene rings is 1. The third kappa shape index (κ3) is 2.45. The van der Waals surface area contributed by atoms with Crippen LogP contribution in [0.4, 0.5) is 16.0 Å². The zero-order chi connectivity index (χ0) is 13.2. The zero-order valence-electron chi connectivity index (χ0n) is 10.4. The molecule has 0 bridgehead atoms. The fourth-order valence-electron chi connectivity index (χ4n) is 2.61. The second kappa shape index (κ2) is 5.21. The van der Waals surface area contributed by atoms with E-state index in [1.807, 2.05) is 6.20 Å². The Morgan fingerprint density at radius 3 is 2.89 bits per heavy atom. The SMILES string of the molecule is Fc1c(Cl)cccc1Nc1nccn1C1CCCC1. The minimum Gasteiger partial charge on any atom is -0.323 e. The lowest BCUT2D eigenvalue weighted by Crippen LogP contribution is -2.08. The molecule has 100 valence electrons. The van der Waals surface area contributed by atoms with Crippen molar-refractivity contribution < 1.29 is 4.39 Å². The van der Waals surface area contributed by atoms with Gasteiger partial charge in [0.25, 0.3) is 0 Å². The van der Waals surface area contributed by atoms with Gasteiger partial charge in [-0.05, 0) is 25.0 Å². The lowest BCUT2D eigenvalue weighted by atomic mass is 10.2. The first kappa shape index (κ1) is 12.5. The summed E-state index contributed by atoms with van der Waals surface area (Å²) in [5.41, 5.74) is 0.359. The van der Waals surface area contributed by atoms with Gasteiger partial charge in [-0.25, -0.2) is 9.37 Å². The molecule has 0 unspecified atom stereocenters. The summed E-state index contributed by atoms with van der Waals surface area (Å²) in [5, 5.41) is 3.15. The van der Waals surface area contributed by atoms with E-state index in [1.54, 1.807) is 18.3 Å². The molecule has 1 aromatic carbocycles. The van der Waals surface area contributed by atoms with E-state index < -0.39 is 5.82 Å². The van der Waals surface area contributed by atoms with Crippen molar-refractivity contribution in [2.45, 2.75) is 31.7 Å². The lowest BCUT2D eigenvalue weighted by molar-refractivity contribution is 0.524. The van der Waals surface area contributed by atoms with E-state index in [1.165, 1.54) is 18.9 Å². The topological polar surface area (TPSA) is 29.9 Å². The van der Waals surface area contributed by atoms with E-state index in [0.29, 0.717) is 17.7 Å². The summed E-state index contributed by atoms with van der Waals surface area (Å²) in [7, 11) is 0. The third-order valence-electron chi connectivity index (χ3n) is 3.58. The van der Waals surface area contributed by atoms with Crippen LogP contribution in [0.25, 0.3) is 0 Å². The number of imidazole rings is 1. The van der Waals surface area contributed by atoms with Crippen molar-refractivity contribution in [2.75, 3.05) is 5.32 Å². The number of anilines is 2. The zero-order valence-corrected chi connectivity index (χ0v) is 11.2. The maximum atomic E-state index is 13.9. The molecule has 0 amide bonds. The molecular weight excluding hydrogens is 265 g/mol. The minimum atomic E-state index is -0.440. The highest BCUT2D eigenvalue weighted by atomic mass is 35.5. The van der Waals surface area contributed by atoms with Crippen LogP contribution >= 0.6 is 11.6 Å². The van der Waals surface area contributed by atoms with Crippen LogP contribution < -0.4 is 5.32 Å². The molecule has 0 radical (unpaired) electrons. The molecule has 2 aromatic rings. The number of hydrogen-bond acceptors (Lipinski definition) is 2. The molecule has 1 aromatic heterocycles. The second-order valence-electron chi connectivity index (χ2n) is 4.82. The Kier molecular flexibility index (Phi) is 3.42. The molecule has 3 nitrogen and oxygen atoms in total. The number of hydrogen-bond donors (Lipinski definition) is 1. The van der Waals surface area contributed by atoms with Crippen LogP contribution in [-0.4, -0.2) is 9.55 Å². The molecule has 0 saturated heterocycles. The highest BCUT2D eigenvalue weighted by Gasteiger charge is 2.19. The number of rotatable bonds is 3. The van der Waals surface area contributed by atoms with E-state index in [-0.39, 0.29) is 5.02 Å². The normalized spacial score (nSPS) is 15.9. The summed E-state index contributed by atoms with van der Waals surface area (Å²) in [6, 6.07) is 5.38.